The van der Waals surface area contributed by atoms with Gasteiger partial charge in [0.05, 0.1) is 16.8 Å². The maximum Gasteiger partial charge on any atom is 0.347 e. The minimum absolute atomic E-state index is 0.138. The summed E-state index contributed by atoms with van der Waals surface area (Å²) in [5, 5.41) is 6.33. The predicted molar refractivity (Wildman–Crippen MR) is 175 cm³/mol. The minimum Gasteiger partial charge on any atom is -0.289 e. The monoisotopic (exact) mass is 580 g/mol. The fraction of sp³-hybridized carbons (Fsp3) is 0.0263. The average Bonchev–Trinajstić information content (AvgIpc) is 3.46. The molecule has 9 aromatic rings. The molecule has 1 aliphatic heterocycles. The van der Waals surface area contributed by atoms with E-state index in [2.05, 4.69) is 4.98 Å². The molecular formula is C38H18N3O4+. The van der Waals surface area contributed by atoms with Gasteiger partial charge in [0.15, 0.2) is 16.5 Å². The Hall–Kier alpha value is -6.21. The normalized spacial score (nSPS) is 13.6. The van der Waals surface area contributed by atoms with Crippen molar-refractivity contribution >= 4 is 70.8 Å². The van der Waals surface area contributed by atoms with E-state index in [-0.39, 0.29) is 16.9 Å². The van der Waals surface area contributed by atoms with Gasteiger partial charge in [-0.3, -0.25) is 14.4 Å². The Kier molecular flexibility index (Phi) is 3.86. The van der Waals surface area contributed by atoms with E-state index in [1.165, 1.54) is 4.57 Å². The first-order chi connectivity index (χ1) is 22.0. The number of pyridine rings is 1. The second kappa shape index (κ2) is 7.46. The van der Waals surface area contributed by atoms with Crippen molar-refractivity contribution in [2.75, 3.05) is 0 Å². The SMILES string of the molecule is O=C1c2cc3c4c5c2c(ccc5c(=O)c2cc5c(=O)n(-c6ccccc6)c(=O)c6ccc(c(c65)c24)C3)-c2[nH]c3ccccc3[n+]21. The van der Waals surface area contributed by atoms with E-state index in [0.717, 1.165) is 54.7 Å². The topological polar surface area (TPSA) is 92.9 Å². The molecule has 0 radical (unpaired) electrons. The molecule has 7 heteroatoms. The number of H-pyrrole nitrogens is 1. The van der Waals surface area contributed by atoms with Crippen molar-refractivity contribution in [3.8, 4) is 17.1 Å². The predicted octanol–water partition coefficient (Wildman–Crippen LogP) is 5.54. The Bertz CT molecular complexity index is 3080. The third kappa shape index (κ3) is 2.51. The largest absolute Gasteiger partial charge is 0.347 e. The first kappa shape index (κ1) is 23.3. The van der Waals surface area contributed by atoms with Gasteiger partial charge in [0.25, 0.3) is 16.9 Å². The molecule has 11 rings (SSSR count). The molecule has 3 heterocycles. The molecule has 0 bridgehead atoms. The van der Waals surface area contributed by atoms with E-state index in [1.807, 2.05) is 54.6 Å². The second-order valence-electron chi connectivity index (χ2n) is 12.2. The lowest BCUT2D eigenvalue weighted by Gasteiger charge is -2.25. The summed E-state index contributed by atoms with van der Waals surface area (Å²) in [5.41, 5.74) is 4.42. The highest BCUT2D eigenvalue weighted by Crippen LogP contribution is 2.47. The molecule has 0 fully saturated rings. The fourth-order valence-electron chi connectivity index (χ4n) is 8.26. The van der Waals surface area contributed by atoms with Gasteiger partial charge in [-0.2, -0.15) is 4.57 Å². The number of rotatable bonds is 1. The van der Waals surface area contributed by atoms with Gasteiger partial charge in [0.2, 0.25) is 0 Å². The van der Waals surface area contributed by atoms with Crippen LogP contribution in [0.25, 0.3) is 82.0 Å². The maximum absolute atomic E-state index is 14.5. The molecule has 7 aromatic carbocycles. The Balaban J connectivity index is 1.38. The minimum atomic E-state index is -0.442. The molecule has 2 aromatic heterocycles. The van der Waals surface area contributed by atoms with Crippen molar-refractivity contribution in [3.05, 3.63) is 139 Å². The first-order valence-electron chi connectivity index (χ1n) is 14.8. The van der Waals surface area contributed by atoms with Gasteiger partial charge < -0.3 is 0 Å². The van der Waals surface area contributed by atoms with Crippen molar-refractivity contribution in [3.63, 3.8) is 0 Å². The van der Waals surface area contributed by atoms with Gasteiger partial charge in [-0.05, 0) is 82.9 Å². The van der Waals surface area contributed by atoms with Crippen molar-refractivity contribution in [1.82, 2.24) is 9.55 Å². The third-order valence-corrected chi connectivity index (χ3v) is 10.0. The molecular weight excluding hydrogens is 562 g/mol. The molecule has 7 nitrogen and oxygen atoms in total. The van der Waals surface area contributed by atoms with Crippen LogP contribution < -0.4 is 21.1 Å². The maximum atomic E-state index is 14.5. The van der Waals surface area contributed by atoms with Crippen LogP contribution in [0, 0.1) is 0 Å². The van der Waals surface area contributed by atoms with Crippen molar-refractivity contribution in [1.29, 1.82) is 0 Å². The Morgan fingerprint density at radius 2 is 1.31 bits per heavy atom. The van der Waals surface area contributed by atoms with Crippen LogP contribution in [0.3, 0.4) is 0 Å². The summed E-state index contributed by atoms with van der Waals surface area (Å²) in [6.07, 6.45) is 0.506. The summed E-state index contributed by atoms with van der Waals surface area (Å²) in [7, 11) is 0. The van der Waals surface area contributed by atoms with Crippen molar-refractivity contribution in [2.24, 2.45) is 0 Å². The van der Waals surface area contributed by atoms with E-state index < -0.39 is 5.56 Å². The van der Waals surface area contributed by atoms with Crippen LogP contribution in [-0.4, -0.2) is 15.5 Å². The third-order valence-electron chi connectivity index (χ3n) is 10.0. The summed E-state index contributed by atoms with van der Waals surface area (Å²) < 4.78 is 2.93. The number of fused-ring (bicyclic) bond motifs is 4. The van der Waals surface area contributed by atoms with Crippen LogP contribution in [0.15, 0.2) is 105 Å². The highest BCUT2D eigenvalue weighted by molar-refractivity contribution is 6.36. The van der Waals surface area contributed by atoms with Gasteiger partial charge in [-0.25, -0.2) is 14.3 Å². The number of imidazole rings is 1. The zero-order valence-electron chi connectivity index (χ0n) is 23.4. The molecule has 2 aliphatic rings. The van der Waals surface area contributed by atoms with Crippen LogP contribution in [0.2, 0.25) is 0 Å². The Morgan fingerprint density at radius 3 is 2.18 bits per heavy atom. The lowest BCUT2D eigenvalue weighted by Crippen LogP contribution is -2.46. The Labute approximate surface area is 251 Å². The number of para-hydroxylation sites is 3. The summed E-state index contributed by atoms with van der Waals surface area (Å²) in [4.78, 5) is 60.1. The number of aromatic amines is 1. The number of nitrogens with one attached hydrogen (secondary N) is 1. The molecule has 0 spiro atoms. The second-order valence-corrected chi connectivity index (χ2v) is 12.2. The average molecular weight is 581 g/mol. The molecule has 45 heavy (non-hydrogen) atoms. The van der Waals surface area contributed by atoms with Crippen LogP contribution in [0.1, 0.15) is 21.5 Å². The molecule has 0 atom stereocenters. The summed E-state index contributed by atoms with van der Waals surface area (Å²) >= 11 is 0. The zero-order valence-corrected chi connectivity index (χ0v) is 23.4. The van der Waals surface area contributed by atoms with Crippen LogP contribution in [0.5, 0.6) is 0 Å². The summed E-state index contributed by atoms with van der Waals surface area (Å²) in [6.45, 7) is 0. The molecule has 208 valence electrons. The van der Waals surface area contributed by atoms with Crippen molar-refractivity contribution in [2.45, 2.75) is 6.42 Å². The fourth-order valence-corrected chi connectivity index (χ4v) is 8.26. The molecule has 0 amide bonds. The Morgan fingerprint density at radius 1 is 0.578 bits per heavy atom. The number of hydrogen-bond acceptors (Lipinski definition) is 4. The van der Waals surface area contributed by atoms with Gasteiger partial charge in [0.1, 0.15) is 0 Å². The number of carbonyl (C=O) groups is 1. The summed E-state index contributed by atoms with van der Waals surface area (Å²) in [6, 6.07) is 27.8. The lowest BCUT2D eigenvalue weighted by molar-refractivity contribution is -0.530. The van der Waals surface area contributed by atoms with E-state index in [0.29, 0.717) is 50.4 Å². The molecule has 1 aliphatic carbocycles. The van der Waals surface area contributed by atoms with E-state index >= 15 is 0 Å². The smallest absolute Gasteiger partial charge is 0.289 e. The number of hydrogen-bond donors (Lipinski definition) is 1. The number of benzene rings is 7. The van der Waals surface area contributed by atoms with Crippen molar-refractivity contribution < 1.29 is 9.36 Å². The number of aromatic nitrogens is 3. The van der Waals surface area contributed by atoms with E-state index in [9.17, 15) is 19.2 Å². The van der Waals surface area contributed by atoms with Crippen LogP contribution in [-0.2, 0) is 6.42 Å². The summed E-state index contributed by atoms with van der Waals surface area (Å²) in [5.74, 6) is 0.547. The van der Waals surface area contributed by atoms with Gasteiger partial charge in [-0.15, -0.1) is 0 Å². The van der Waals surface area contributed by atoms with Gasteiger partial charge >= 0.3 is 5.91 Å². The zero-order chi connectivity index (χ0) is 29.9. The van der Waals surface area contributed by atoms with Gasteiger partial charge in [0, 0.05) is 43.1 Å². The molecule has 0 saturated carbocycles. The molecule has 0 unspecified atom stereocenters. The van der Waals surface area contributed by atoms with Crippen LogP contribution >= 0.6 is 0 Å². The van der Waals surface area contributed by atoms with E-state index in [4.69, 9.17) is 0 Å². The first-order valence-corrected chi connectivity index (χ1v) is 14.8. The number of carbonyl (C=O) groups excluding carboxylic acids is 1. The molecule has 0 saturated heterocycles. The van der Waals surface area contributed by atoms with E-state index in [1.54, 1.807) is 41.0 Å². The standard InChI is InChI=1S/C38H17N3O4/c42-34-20-12-13-21-30-24(38(45)41-27-9-5-4-8-26(27)39-35(21)41)15-18-14-17-10-11-22-31-25(16-23(34)33(28(17)31)29(18)32(20)30)37(44)40(36(22)43)19-6-2-1-3-7-19/h1-13,15-16H,14H2/p+1. The highest BCUT2D eigenvalue weighted by Gasteiger charge is 2.38. The molecule has 1 N–H and O–H groups in total. The van der Waals surface area contributed by atoms with Gasteiger partial charge in [-0.1, -0.05) is 36.4 Å². The quantitative estimate of drug-likeness (QED) is 0.157. The number of nitrogens with zero attached hydrogens (tertiary/aromatic N) is 2. The highest BCUT2D eigenvalue weighted by atomic mass is 16.2. The van der Waals surface area contributed by atoms with Crippen LogP contribution in [0.4, 0.5) is 0 Å². The lowest BCUT2D eigenvalue weighted by atomic mass is 9.78.